The lowest BCUT2D eigenvalue weighted by atomic mass is 9.95. The molecule has 1 aromatic heterocycles. The molecule has 0 radical (unpaired) electrons. The van der Waals surface area contributed by atoms with Crippen molar-refractivity contribution in [2.45, 2.75) is 37.7 Å². The molecule has 1 amide bonds. The molecule has 8 nitrogen and oxygen atoms in total. The van der Waals surface area contributed by atoms with E-state index in [1.54, 1.807) is 4.90 Å². The van der Waals surface area contributed by atoms with Crippen LogP contribution in [0.5, 0.6) is 5.75 Å². The maximum atomic E-state index is 14.0. The number of para-hydroxylation sites is 2. The van der Waals surface area contributed by atoms with Crippen molar-refractivity contribution in [2.24, 2.45) is 5.92 Å². The second-order valence-corrected chi connectivity index (χ2v) is 11.4. The Bertz CT molecular complexity index is 1500. The molecule has 0 unspecified atom stereocenters. The summed E-state index contributed by atoms with van der Waals surface area (Å²) in [4.78, 5) is 15.1. The number of ether oxygens (including phenoxy) is 1. The van der Waals surface area contributed by atoms with E-state index in [0.29, 0.717) is 25.1 Å². The monoisotopic (exact) mass is 543 g/mol. The summed E-state index contributed by atoms with van der Waals surface area (Å²) in [5, 5.41) is 3.80. The number of hydrogen-bond acceptors (Lipinski definition) is 6. The molecule has 11 heteroatoms. The normalized spacial score (nSPS) is 18.9. The van der Waals surface area contributed by atoms with Crippen LogP contribution in [-0.2, 0) is 14.8 Å². The first-order valence-corrected chi connectivity index (χ1v) is 13.8. The molecule has 2 aliphatic rings. The van der Waals surface area contributed by atoms with Gasteiger partial charge in [-0.15, -0.1) is 0 Å². The van der Waals surface area contributed by atoms with E-state index in [1.807, 2.05) is 31.2 Å². The number of aromatic nitrogens is 1. The number of anilines is 1. The Labute approximate surface area is 219 Å². The van der Waals surface area contributed by atoms with Gasteiger partial charge in [0, 0.05) is 30.6 Å². The topological polar surface area (TPSA) is 93.0 Å². The highest BCUT2D eigenvalue weighted by molar-refractivity contribution is 7.89. The smallest absolute Gasteiger partial charge is 0.248 e. The number of hydrogen-bond donors (Lipinski definition) is 0. The molecule has 0 spiro atoms. The Morgan fingerprint density at radius 2 is 1.84 bits per heavy atom. The predicted molar refractivity (Wildman–Crippen MR) is 137 cm³/mol. The summed E-state index contributed by atoms with van der Waals surface area (Å²) in [7, 11) is -4.01. The van der Waals surface area contributed by atoms with Crippen LogP contribution in [0.25, 0.3) is 12.2 Å². The number of aryl methyl sites for hydroxylation is 1. The fourth-order valence-electron chi connectivity index (χ4n) is 4.89. The first-order chi connectivity index (χ1) is 18.1. The van der Waals surface area contributed by atoms with Crippen LogP contribution in [0.3, 0.4) is 0 Å². The Kier molecular flexibility index (Phi) is 7.06. The number of sulfonamides is 1. The Morgan fingerprint density at radius 3 is 2.58 bits per heavy atom. The van der Waals surface area contributed by atoms with E-state index < -0.39 is 21.7 Å². The Hall–Kier alpha value is -3.57. The van der Waals surface area contributed by atoms with Crippen LogP contribution in [0, 0.1) is 24.5 Å². The minimum absolute atomic E-state index is 0.0456. The van der Waals surface area contributed by atoms with Crippen molar-refractivity contribution in [1.82, 2.24) is 9.46 Å². The summed E-state index contributed by atoms with van der Waals surface area (Å²) >= 11 is 0. The third-order valence-corrected chi connectivity index (χ3v) is 8.86. The third kappa shape index (κ3) is 4.95. The third-order valence-electron chi connectivity index (χ3n) is 6.80. The number of halogens is 2. The maximum absolute atomic E-state index is 14.0. The van der Waals surface area contributed by atoms with Gasteiger partial charge in [0.1, 0.15) is 29.2 Å². The average Bonchev–Trinajstić information content (AvgIpc) is 3.28. The van der Waals surface area contributed by atoms with E-state index in [1.165, 1.54) is 29.4 Å². The molecule has 2 aliphatic heterocycles. The van der Waals surface area contributed by atoms with Crippen molar-refractivity contribution in [3.63, 3.8) is 0 Å². The number of carbonyl (C=O) groups excluding carboxylic acids is 1. The zero-order chi connectivity index (χ0) is 27.0. The van der Waals surface area contributed by atoms with Gasteiger partial charge in [-0.3, -0.25) is 4.79 Å². The van der Waals surface area contributed by atoms with E-state index in [4.69, 9.17) is 9.26 Å². The van der Waals surface area contributed by atoms with Crippen LogP contribution in [0.15, 0.2) is 51.9 Å². The van der Waals surface area contributed by atoms with E-state index in [-0.39, 0.29) is 52.9 Å². The van der Waals surface area contributed by atoms with Crippen LogP contribution in [-0.4, -0.2) is 49.5 Å². The number of amides is 1. The lowest BCUT2D eigenvalue weighted by molar-refractivity contribution is -0.124. The summed E-state index contributed by atoms with van der Waals surface area (Å²) in [5.74, 6) is -1.27. The molecule has 2 aromatic carbocycles. The van der Waals surface area contributed by atoms with E-state index in [0.717, 1.165) is 17.8 Å². The van der Waals surface area contributed by atoms with Gasteiger partial charge in [-0.2, -0.15) is 4.31 Å². The van der Waals surface area contributed by atoms with Crippen LogP contribution in [0.1, 0.15) is 36.8 Å². The van der Waals surface area contributed by atoms with E-state index >= 15 is 0 Å². The number of rotatable bonds is 5. The fourth-order valence-corrected chi connectivity index (χ4v) is 6.61. The number of piperidine rings is 1. The highest BCUT2D eigenvalue weighted by Gasteiger charge is 2.38. The highest BCUT2D eigenvalue weighted by atomic mass is 32.2. The zero-order valence-electron chi connectivity index (χ0n) is 20.9. The minimum Gasteiger partial charge on any atom is -0.487 e. The molecule has 0 bridgehead atoms. The van der Waals surface area contributed by atoms with Crippen molar-refractivity contribution >= 4 is 33.8 Å². The van der Waals surface area contributed by atoms with Gasteiger partial charge < -0.3 is 14.2 Å². The van der Waals surface area contributed by atoms with Crippen molar-refractivity contribution < 1.29 is 31.3 Å². The maximum Gasteiger partial charge on any atom is 0.248 e. The lowest BCUT2D eigenvalue weighted by Gasteiger charge is -2.37. The number of fused-ring (bicyclic) bond motifs is 1. The van der Waals surface area contributed by atoms with Crippen molar-refractivity contribution in [2.75, 3.05) is 24.5 Å². The van der Waals surface area contributed by atoms with Gasteiger partial charge in [0.15, 0.2) is 10.7 Å². The molecule has 0 aliphatic carbocycles. The zero-order valence-corrected chi connectivity index (χ0v) is 21.7. The minimum atomic E-state index is -4.01. The molecule has 38 heavy (non-hydrogen) atoms. The van der Waals surface area contributed by atoms with Gasteiger partial charge in [-0.1, -0.05) is 17.3 Å². The highest BCUT2D eigenvalue weighted by Crippen LogP contribution is 2.36. The lowest BCUT2D eigenvalue weighted by Crippen LogP contribution is -2.48. The molecule has 1 saturated heterocycles. The van der Waals surface area contributed by atoms with Crippen LogP contribution < -0.4 is 9.64 Å². The molecule has 0 saturated carbocycles. The molecule has 3 heterocycles. The molecule has 0 N–H and O–H groups in total. The molecular formula is C27H27F2N3O5S. The summed E-state index contributed by atoms with van der Waals surface area (Å²) in [5.41, 5.74) is 0.961. The van der Waals surface area contributed by atoms with Crippen LogP contribution >= 0.6 is 0 Å². The summed E-state index contributed by atoms with van der Waals surface area (Å²) in [6.45, 7) is 4.16. The van der Waals surface area contributed by atoms with Crippen LogP contribution in [0.2, 0.25) is 0 Å². The van der Waals surface area contributed by atoms with Crippen molar-refractivity contribution in [3.05, 3.63) is 71.1 Å². The first-order valence-electron chi connectivity index (χ1n) is 12.3. The van der Waals surface area contributed by atoms with Crippen molar-refractivity contribution in [1.29, 1.82) is 0 Å². The number of carbonyl (C=O) groups is 1. The average molecular weight is 544 g/mol. The fraction of sp³-hybridized carbons (Fsp3) is 0.333. The van der Waals surface area contributed by atoms with Gasteiger partial charge >= 0.3 is 0 Å². The van der Waals surface area contributed by atoms with Gasteiger partial charge in [-0.25, -0.2) is 17.2 Å². The van der Waals surface area contributed by atoms with Crippen LogP contribution in [0.4, 0.5) is 14.5 Å². The predicted octanol–water partition coefficient (Wildman–Crippen LogP) is 4.65. The summed E-state index contributed by atoms with van der Waals surface area (Å²) in [6.07, 6.45) is 3.18. The Balaban J connectivity index is 1.31. The number of nitrogens with zero attached hydrogens (tertiary/aromatic N) is 3. The second-order valence-electron chi connectivity index (χ2n) is 9.48. The largest absolute Gasteiger partial charge is 0.487 e. The standard InChI is InChI=1S/C27H27F2N3O5S/c1-17-16-32(23-5-3-4-6-24(23)36-17)27(33)20-11-13-31(14-12-20)38(34,35)26-18(2)30-37-25(26)10-8-19-7-9-21(28)15-22(19)29/h3-10,15,17,20H,11-14,16H2,1-2H3/b10-8+/t17-/m1/s1. The molecule has 200 valence electrons. The quantitative estimate of drug-likeness (QED) is 0.465. The first kappa shape index (κ1) is 26.1. The van der Waals surface area contributed by atoms with Gasteiger partial charge in [0.2, 0.25) is 15.9 Å². The summed E-state index contributed by atoms with van der Waals surface area (Å²) < 4.78 is 66.7. The van der Waals surface area contributed by atoms with E-state index in [9.17, 15) is 22.0 Å². The summed E-state index contributed by atoms with van der Waals surface area (Å²) in [6, 6.07) is 10.5. The van der Waals surface area contributed by atoms with E-state index in [2.05, 4.69) is 5.16 Å². The van der Waals surface area contributed by atoms with Crippen molar-refractivity contribution in [3.8, 4) is 5.75 Å². The van der Waals surface area contributed by atoms with Gasteiger partial charge in [-0.05, 0) is 63.1 Å². The second kappa shape index (κ2) is 10.3. The Morgan fingerprint density at radius 1 is 1.11 bits per heavy atom. The SMILES string of the molecule is Cc1noc(/C=C/c2ccc(F)cc2F)c1S(=O)(=O)N1CCC(C(=O)N2C[C@@H](C)Oc3ccccc32)CC1. The molecule has 1 fully saturated rings. The molecule has 5 rings (SSSR count). The molecular weight excluding hydrogens is 516 g/mol. The molecule has 1 atom stereocenters. The molecule has 3 aromatic rings. The number of benzene rings is 2. The van der Waals surface area contributed by atoms with Gasteiger partial charge in [0.05, 0.1) is 12.2 Å². The van der Waals surface area contributed by atoms with Gasteiger partial charge in [0.25, 0.3) is 0 Å².